The molecule has 0 aromatic heterocycles. The zero-order valence-corrected chi connectivity index (χ0v) is 4.55. The van der Waals surface area contributed by atoms with E-state index in [4.69, 9.17) is 5.11 Å². The molecule has 3 nitrogen and oxygen atoms in total. The van der Waals surface area contributed by atoms with Gasteiger partial charge < -0.3 is 10.4 Å². The Morgan fingerprint density at radius 1 is 1.88 bits per heavy atom. The van der Waals surface area contributed by atoms with E-state index in [0.29, 0.717) is 0 Å². The van der Waals surface area contributed by atoms with Gasteiger partial charge in [-0.05, 0) is 6.42 Å². The Kier molecular flexibility index (Phi) is 1.48. The van der Waals surface area contributed by atoms with Crippen molar-refractivity contribution in [2.75, 3.05) is 13.2 Å². The number of carbonyl (C=O) groups is 1. The van der Waals surface area contributed by atoms with Crippen LogP contribution in [-0.2, 0) is 4.79 Å². The molecule has 0 bridgehead atoms. The maximum Gasteiger partial charge on any atom is 0.225 e. The van der Waals surface area contributed by atoms with E-state index in [1.54, 1.807) is 0 Å². The molecule has 1 amide bonds. The monoisotopic (exact) mass is 115 g/mol. The minimum atomic E-state index is -0.130. The average Bonchev–Trinajstić information content (AvgIpc) is 2.14. The summed E-state index contributed by atoms with van der Waals surface area (Å²) < 4.78 is 0. The Bertz CT molecular complexity index is 103. The molecule has 0 aromatic rings. The summed E-state index contributed by atoms with van der Waals surface area (Å²) in [6.45, 7) is 0.718. The van der Waals surface area contributed by atoms with Gasteiger partial charge >= 0.3 is 0 Å². The van der Waals surface area contributed by atoms with Crippen molar-refractivity contribution in [3.05, 3.63) is 0 Å². The molecular weight excluding hydrogens is 106 g/mol. The summed E-state index contributed by atoms with van der Waals surface area (Å²) in [5, 5.41) is 11.1. The van der Waals surface area contributed by atoms with E-state index in [0.717, 1.165) is 13.0 Å². The molecule has 1 saturated heterocycles. The highest BCUT2D eigenvalue weighted by atomic mass is 16.3. The summed E-state index contributed by atoms with van der Waals surface area (Å²) in [6.07, 6.45) is 0.787. The predicted octanol–water partition coefficient (Wildman–Crippen LogP) is -0.885. The van der Waals surface area contributed by atoms with Crippen molar-refractivity contribution in [3.8, 4) is 0 Å². The Morgan fingerprint density at radius 3 is 2.88 bits per heavy atom. The maximum atomic E-state index is 10.5. The first-order valence-electron chi connectivity index (χ1n) is 2.73. The van der Waals surface area contributed by atoms with Gasteiger partial charge in [0.05, 0.1) is 12.5 Å². The van der Waals surface area contributed by atoms with Gasteiger partial charge in [0.25, 0.3) is 0 Å². The van der Waals surface area contributed by atoms with Gasteiger partial charge in [-0.1, -0.05) is 0 Å². The van der Waals surface area contributed by atoms with E-state index in [-0.39, 0.29) is 18.4 Å². The number of hydrogen-bond acceptors (Lipinski definition) is 2. The van der Waals surface area contributed by atoms with Crippen LogP contribution < -0.4 is 5.32 Å². The topological polar surface area (TPSA) is 49.3 Å². The summed E-state index contributed by atoms with van der Waals surface area (Å²) in [5.41, 5.74) is 0. The summed E-state index contributed by atoms with van der Waals surface area (Å²) in [5.74, 6) is -0.137. The number of amides is 1. The minimum absolute atomic E-state index is 0.00694. The van der Waals surface area contributed by atoms with Crippen molar-refractivity contribution < 1.29 is 9.90 Å². The third-order valence-electron chi connectivity index (χ3n) is 1.38. The fraction of sp³-hybridized carbons (Fsp3) is 0.800. The molecule has 46 valence electrons. The van der Waals surface area contributed by atoms with Gasteiger partial charge in [-0.3, -0.25) is 4.79 Å². The molecule has 3 heteroatoms. The first-order chi connectivity index (χ1) is 3.84. The van der Waals surface area contributed by atoms with E-state index in [9.17, 15) is 4.79 Å². The Morgan fingerprint density at radius 2 is 2.62 bits per heavy atom. The number of nitrogens with one attached hydrogen (secondary N) is 1. The van der Waals surface area contributed by atoms with Gasteiger partial charge in [0.15, 0.2) is 0 Å². The van der Waals surface area contributed by atoms with Crippen LogP contribution in [0.2, 0.25) is 0 Å². The first kappa shape index (κ1) is 5.56. The molecule has 1 aliphatic heterocycles. The quantitative estimate of drug-likeness (QED) is 0.466. The molecule has 8 heavy (non-hydrogen) atoms. The van der Waals surface area contributed by atoms with Crippen molar-refractivity contribution >= 4 is 5.91 Å². The zero-order valence-electron chi connectivity index (χ0n) is 4.55. The lowest BCUT2D eigenvalue weighted by Gasteiger charge is -1.96. The highest BCUT2D eigenvalue weighted by Crippen LogP contribution is 2.06. The molecule has 1 aliphatic rings. The molecule has 1 fully saturated rings. The molecule has 0 saturated carbocycles. The number of carbonyl (C=O) groups excluding carboxylic acids is 1. The average molecular weight is 115 g/mol. The van der Waals surface area contributed by atoms with Crippen molar-refractivity contribution in [3.63, 3.8) is 0 Å². The second-order valence-corrected chi connectivity index (χ2v) is 1.96. The van der Waals surface area contributed by atoms with Crippen LogP contribution in [0.25, 0.3) is 0 Å². The van der Waals surface area contributed by atoms with Crippen molar-refractivity contribution in [2.24, 2.45) is 5.92 Å². The fourth-order valence-electron chi connectivity index (χ4n) is 0.819. The van der Waals surface area contributed by atoms with Gasteiger partial charge in [0, 0.05) is 6.54 Å². The summed E-state index contributed by atoms with van der Waals surface area (Å²) in [6, 6.07) is 0. The second-order valence-electron chi connectivity index (χ2n) is 1.96. The maximum absolute atomic E-state index is 10.5. The van der Waals surface area contributed by atoms with E-state index in [1.807, 2.05) is 0 Å². The van der Waals surface area contributed by atoms with Crippen LogP contribution >= 0.6 is 0 Å². The standard InChI is InChI=1S/C5H9NO2/c7-3-4-1-2-6-5(4)8/h4,7H,1-3H2,(H,6,8)/t4-/m0/s1. The zero-order chi connectivity index (χ0) is 5.98. The van der Waals surface area contributed by atoms with Crippen LogP contribution in [0.1, 0.15) is 6.42 Å². The van der Waals surface area contributed by atoms with Crippen LogP contribution in [0.5, 0.6) is 0 Å². The fourth-order valence-corrected chi connectivity index (χ4v) is 0.819. The highest BCUT2D eigenvalue weighted by molar-refractivity contribution is 5.80. The largest absolute Gasteiger partial charge is 0.396 e. The Labute approximate surface area is 47.7 Å². The number of hydrogen-bond donors (Lipinski definition) is 2. The lowest BCUT2D eigenvalue weighted by atomic mass is 10.1. The SMILES string of the molecule is O=C1NCC[C@H]1CO. The number of rotatable bonds is 1. The second kappa shape index (κ2) is 2.13. The number of aliphatic hydroxyl groups excluding tert-OH is 1. The van der Waals surface area contributed by atoms with E-state index in [1.165, 1.54) is 0 Å². The Hall–Kier alpha value is -0.570. The number of aliphatic hydroxyl groups is 1. The molecule has 0 radical (unpaired) electrons. The third-order valence-corrected chi connectivity index (χ3v) is 1.38. The molecule has 0 aromatic carbocycles. The Balaban J connectivity index is 2.42. The molecule has 0 aliphatic carbocycles. The van der Waals surface area contributed by atoms with Gasteiger partial charge in [0.1, 0.15) is 0 Å². The molecule has 0 unspecified atom stereocenters. The normalized spacial score (nSPS) is 28.1. The molecule has 1 heterocycles. The highest BCUT2D eigenvalue weighted by Gasteiger charge is 2.22. The third kappa shape index (κ3) is 0.816. The lowest BCUT2D eigenvalue weighted by Crippen LogP contribution is -2.20. The van der Waals surface area contributed by atoms with Crippen LogP contribution in [0.15, 0.2) is 0 Å². The van der Waals surface area contributed by atoms with Crippen LogP contribution in [0.3, 0.4) is 0 Å². The summed E-state index contributed by atoms with van der Waals surface area (Å²) >= 11 is 0. The molecule has 1 atom stereocenters. The van der Waals surface area contributed by atoms with Gasteiger partial charge in [-0.2, -0.15) is 0 Å². The van der Waals surface area contributed by atoms with Gasteiger partial charge in [-0.25, -0.2) is 0 Å². The van der Waals surface area contributed by atoms with E-state index < -0.39 is 0 Å². The summed E-state index contributed by atoms with van der Waals surface area (Å²) in [7, 11) is 0. The lowest BCUT2D eigenvalue weighted by molar-refractivity contribution is -0.123. The van der Waals surface area contributed by atoms with Crippen molar-refractivity contribution in [1.29, 1.82) is 0 Å². The van der Waals surface area contributed by atoms with E-state index in [2.05, 4.69) is 5.32 Å². The van der Waals surface area contributed by atoms with E-state index >= 15 is 0 Å². The molecular formula is C5H9NO2. The minimum Gasteiger partial charge on any atom is -0.396 e. The molecule has 0 spiro atoms. The van der Waals surface area contributed by atoms with Crippen molar-refractivity contribution in [2.45, 2.75) is 6.42 Å². The summed E-state index contributed by atoms with van der Waals surface area (Å²) in [4.78, 5) is 10.5. The first-order valence-corrected chi connectivity index (χ1v) is 2.73. The molecule has 2 N–H and O–H groups in total. The van der Waals surface area contributed by atoms with Crippen LogP contribution in [0, 0.1) is 5.92 Å². The van der Waals surface area contributed by atoms with Crippen LogP contribution in [-0.4, -0.2) is 24.2 Å². The predicted molar refractivity (Wildman–Crippen MR) is 28.2 cm³/mol. The van der Waals surface area contributed by atoms with Crippen molar-refractivity contribution in [1.82, 2.24) is 5.32 Å². The van der Waals surface area contributed by atoms with Gasteiger partial charge in [-0.15, -0.1) is 0 Å². The smallest absolute Gasteiger partial charge is 0.225 e. The van der Waals surface area contributed by atoms with Crippen LogP contribution in [0.4, 0.5) is 0 Å². The molecule has 1 rings (SSSR count). The van der Waals surface area contributed by atoms with Gasteiger partial charge in [0.2, 0.25) is 5.91 Å².